The van der Waals surface area contributed by atoms with Gasteiger partial charge >= 0.3 is 6.55 Å². The normalized spacial score (nSPS) is 11.7. The van der Waals surface area contributed by atoms with E-state index in [4.69, 9.17) is 0 Å². The van der Waals surface area contributed by atoms with Crippen LogP contribution in [0.15, 0.2) is 35.4 Å². The maximum absolute atomic E-state index is 13.6. The Bertz CT molecular complexity index is 1340. The SMILES string of the molecule is Cc1sc2ncn(CCC(=O)N(C)Cc3nc4ccccc4n3C(F)F)c(=O)c2c1C. The molecule has 4 rings (SSSR count). The molecule has 0 aliphatic rings. The highest BCUT2D eigenvalue weighted by molar-refractivity contribution is 7.18. The Morgan fingerprint density at radius 1 is 1.26 bits per heavy atom. The van der Waals surface area contributed by atoms with E-state index in [1.165, 1.54) is 34.2 Å². The monoisotopic (exact) mass is 445 g/mol. The summed E-state index contributed by atoms with van der Waals surface area (Å²) in [5.74, 6) is -0.172. The highest BCUT2D eigenvalue weighted by atomic mass is 32.1. The molecule has 1 amide bonds. The van der Waals surface area contributed by atoms with Crippen molar-refractivity contribution in [1.82, 2.24) is 24.0 Å². The van der Waals surface area contributed by atoms with Gasteiger partial charge in [-0.1, -0.05) is 12.1 Å². The quantitative estimate of drug-likeness (QED) is 0.452. The van der Waals surface area contributed by atoms with E-state index in [-0.39, 0.29) is 36.8 Å². The number of para-hydroxylation sites is 2. The second-order valence-electron chi connectivity index (χ2n) is 7.37. The summed E-state index contributed by atoms with van der Waals surface area (Å²) in [7, 11) is 1.54. The van der Waals surface area contributed by atoms with Gasteiger partial charge in [0.15, 0.2) is 0 Å². The molecule has 4 aromatic rings. The van der Waals surface area contributed by atoms with Gasteiger partial charge in [0.05, 0.1) is 29.3 Å². The minimum Gasteiger partial charge on any atom is -0.338 e. The maximum Gasteiger partial charge on any atom is 0.320 e. The third-order valence-corrected chi connectivity index (χ3v) is 6.51. The molecule has 3 heterocycles. The summed E-state index contributed by atoms with van der Waals surface area (Å²) in [6, 6.07) is 6.62. The lowest BCUT2D eigenvalue weighted by Crippen LogP contribution is -2.30. The lowest BCUT2D eigenvalue weighted by atomic mass is 10.2. The van der Waals surface area contributed by atoms with E-state index in [9.17, 15) is 18.4 Å². The molecule has 7 nitrogen and oxygen atoms in total. The zero-order chi connectivity index (χ0) is 22.3. The number of amides is 1. The molecule has 0 atom stereocenters. The molecule has 0 saturated heterocycles. The van der Waals surface area contributed by atoms with E-state index in [0.29, 0.717) is 21.3 Å². The van der Waals surface area contributed by atoms with Gasteiger partial charge in [-0.05, 0) is 31.5 Å². The summed E-state index contributed by atoms with van der Waals surface area (Å²) in [6.07, 6.45) is 1.49. The Labute approximate surface area is 180 Å². The number of alkyl halides is 2. The summed E-state index contributed by atoms with van der Waals surface area (Å²) in [6.45, 7) is 1.16. The number of halogens is 2. The maximum atomic E-state index is 13.6. The van der Waals surface area contributed by atoms with Gasteiger partial charge in [0, 0.05) is 24.9 Å². The van der Waals surface area contributed by atoms with E-state index in [1.807, 2.05) is 13.8 Å². The van der Waals surface area contributed by atoms with Crippen molar-refractivity contribution in [2.45, 2.75) is 39.9 Å². The van der Waals surface area contributed by atoms with Crippen LogP contribution in [0, 0.1) is 13.8 Å². The number of carbonyl (C=O) groups excluding carboxylic acids is 1. The Kier molecular flexibility index (Phi) is 5.57. The molecule has 3 aromatic heterocycles. The van der Waals surface area contributed by atoms with Crippen molar-refractivity contribution >= 4 is 38.5 Å². The number of hydrogen-bond acceptors (Lipinski definition) is 5. The molecule has 10 heteroatoms. The van der Waals surface area contributed by atoms with Gasteiger partial charge in [0.1, 0.15) is 10.7 Å². The second-order valence-corrected chi connectivity index (χ2v) is 8.57. The highest BCUT2D eigenvalue weighted by Crippen LogP contribution is 2.26. The van der Waals surface area contributed by atoms with E-state index in [2.05, 4.69) is 9.97 Å². The molecule has 0 radical (unpaired) electrons. The lowest BCUT2D eigenvalue weighted by molar-refractivity contribution is -0.130. The number of benzene rings is 1. The summed E-state index contributed by atoms with van der Waals surface area (Å²) < 4.78 is 29.4. The minimum atomic E-state index is -2.76. The van der Waals surface area contributed by atoms with Crippen molar-refractivity contribution in [1.29, 1.82) is 0 Å². The van der Waals surface area contributed by atoms with Crippen LogP contribution in [0.4, 0.5) is 8.78 Å². The number of thiophene rings is 1. The number of fused-ring (bicyclic) bond motifs is 2. The topological polar surface area (TPSA) is 73.0 Å². The zero-order valence-electron chi connectivity index (χ0n) is 17.3. The lowest BCUT2D eigenvalue weighted by Gasteiger charge is -2.18. The average Bonchev–Trinajstić information content (AvgIpc) is 3.24. The van der Waals surface area contributed by atoms with E-state index in [0.717, 1.165) is 15.0 Å². The van der Waals surface area contributed by atoms with Crippen LogP contribution in [-0.2, 0) is 17.9 Å². The van der Waals surface area contributed by atoms with Crippen molar-refractivity contribution in [3.63, 3.8) is 0 Å². The van der Waals surface area contributed by atoms with Crippen LogP contribution >= 0.6 is 11.3 Å². The smallest absolute Gasteiger partial charge is 0.320 e. The predicted molar refractivity (Wildman–Crippen MR) is 115 cm³/mol. The van der Waals surface area contributed by atoms with E-state index < -0.39 is 6.55 Å². The molecule has 0 bridgehead atoms. The molecule has 0 aliphatic heterocycles. The van der Waals surface area contributed by atoms with Crippen LogP contribution in [0.5, 0.6) is 0 Å². The molecule has 0 N–H and O–H groups in total. The first-order valence-electron chi connectivity index (χ1n) is 9.71. The molecule has 0 unspecified atom stereocenters. The molecule has 0 aliphatic carbocycles. The fourth-order valence-corrected chi connectivity index (χ4v) is 4.55. The third kappa shape index (κ3) is 3.83. The summed E-state index contributed by atoms with van der Waals surface area (Å²) in [5.41, 5.74) is 1.50. The standard InChI is InChI=1S/C21H21F2N5O2S/c1-12-13(2)31-19-18(12)20(30)27(11-24-19)9-8-17(29)26(3)10-16-25-14-6-4-5-7-15(14)28(16)21(22)23/h4-7,11,21H,8-10H2,1-3H3. The average molecular weight is 445 g/mol. The molecule has 162 valence electrons. The van der Waals surface area contributed by atoms with Crippen LogP contribution in [-0.4, -0.2) is 37.0 Å². The summed E-state index contributed by atoms with van der Waals surface area (Å²) in [4.78, 5) is 37.1. The molecule has 31 heavy (non-hydrogen) atoms. The number of aryl methyl sites for hydroxylation is 3. The number of hydrogen-bond donors (Lipinski definition) is 0. The van der Waals surface area contributed by atoms with Crippen molar-refractivity contribution < 1.29 is 13.6 Å². The molecular formula is C21H21F2N5O2S. The number of carbonyl (C=O) groups is 1. The molecule has 0 fully saturated rings. The first-order chi connectivity index (χ1) is 14.8. The van der Waals surface area contributed by atoms with Gasteiger partial charge in [0.2, 0.25) is 5.91 Å². The van der Waals surface area contributed by atoms with Crippen LogP contribution < -0.4 is 5.56 Å². The number of aromatic nitrogens is 4. The first-order valence-corrected chi connectivity index (χ1v) is 10.5. The van der Waals surface area contributed by atoms with Crippen molar-refractivity contribution in [2.24, 2.45) is 0 Å². The predicted octanol–water partition coefficient (Wildman–Crippen LogP) is 3.87. The van der Waals surface area contributed by atoms with Gasteiger partial charge in [-0.25, -0.2) is 9.97 Å². The van der Waals surface area contributed by atoms with Crippen LogP contribution in [0.25, 0.3) is 21.3 Å². The van der Waals surface area contributed by atoms with Gasteiger partial charge in [0.25, 0.3) is 5.56 Å². The van der Waals surface area contributed by atoms with Gasteiger partial charge < -0.3 is 4.90 Å². The molecule has 0 saturated carbocycles. The summed E-state index contributed by atoms with van der Waals surface area (Å²) >= 11 is 1.47. The van der Waals surface area contributed by atoms with Crippen molar-refractivity contribution in [2.75, 3.05) is 7.05 Å². The van der Waals surface area contributed by atoms with Gasteiger partial charge in [-0.3, -0.25) is 18.7 Å². The fourth-order valence-electron chi connectivity index (χ4n) is 3.56. The molecule has 0 spiro atoms. The van der Waals surface area contributed by atoms with Crippen LogP contribution in [0.3, 0.4) is 0 Å². The minimum absolute atomic E-state index is 0.0423. The fraction of sp³-hybridized carbons (Fsp3) is 0.333. The van der Waals surface area contributed by atoms with Gasteiger partial charge in [-0.15, -0.1) is 11.3 Å². The Morgan fingerprint density at radius 2 is 2.00 bits per heavy atom. The number of rotatable bonds is 6. The van der Waals surface area contributed by atoms with Crippen molar-refractivity contribution in [3.05, 3.63) is 57.2 Å². The van der Waals surface area contributed by atoms with Crippen molar-refractivity contribution in [3.8, 4) is 0 Å². The third-order valence-electron chi connectivity index (χ3n) is 5.39. The van der Waals surface area contributed by atoms with Crippen LogP contribution in [0.1, 0.15) is 29.2 Å². The molecular weight excluding hydrogens is 424 g/mol. The number of imidazole rings is 1. The Morgan fingerprint density at radius 3 is 2.74 bits per heavy atom. The Balaban J connectivity index is 1.50. The van der Waals surface area contributed by atoms with E-state index >= 15 is 0 Å². The van der Waals surface area contributed by atoms with Crippen LogP contribution in [0.2, 0.25) is 0 Å². The van der Waals surface area contributed by atoms with Gasteiger partial charge in [-0.2, -0.15) is 8.78 Å². The zero-order valence-corrected chi connectivity index (χ0v) is 18.1. The largest absolute Gasteiger partial charge is 0.338 e. The first kappa shape index (κ1) is 21.1. The Hall–Kier alpha value is -3.14. The highest BCUT2D eigenvalue weighted by Gasteiger charge is 2.20. The van der Waals surface area contributed by atoms with E-state index in [1.54, 1.807) is 24.3 Å². The summed E-state index contributed by atoms with van der Waals surface area (Å²) in [5, 5.41) is 0.580. The molecule has 1 aromatic carbocycles. The second kappa shape index (κ2) is 8.18. The number of nitrogens with zero attached hydrogens (tertiary/aromatic N) is 5.